The highest BCUT2D eigenvalue weighted by molar-refractivity contribution is 6.30. The fourth-order valence-corrected chi connectivity index (χ4v) is 1.63. The number of hydrogen-bond donors (Lipinski definition) is 1. The second kappa shape index (κ2) is 3.79. The van der Waals surface area contributed by atoms with Crippen molar-refractivity contribution in [3.05, 3.63) is 34.9 Å². The van der Waals surface area contributed by atoms with Gasteiger partial charge in [0.15, 0.2) is 6.19 Å². The smallest absolute Gasteiger partial charge is 0.328 e. The fourth-order valence-electron chi connectivity index (χ4n) is 1.51. The minimum Gasteiger partial charge on any atom is -0.328 e. The maximum Gasteiger partial charge on any atom is 0.331 e. The number of urea groups is 1. The summed E-state index contributed by atoms with van der Waals surface area (Å²) in [4.78, 5) is 12.3. The van der Waals surface area contributed by atoms with Crippen molar-refractivity contribution in [1.29, 1.82) is 5.26 Å². The predicted octanol–water partition coefficient (Wildman–Crippen LogP) is 1.89. The molecule has 1 fully saturated rings. The van der Waals surface area contributed by atoms with E-state index in [0.717, 1.165) is 10.5 Å². The van der Waals surface area contributed by atoms with Gasteiger partial charge < -0.3 is 5.32 Å². The maximum atomic E-state index is 11.2. The van der Waals surface area contributed by atoms with Gasteiger partial charge in [-0.2, -0.15) is 5.26 Å². The average Bonchev–Trinajstić information content (AvgIpc) is 2.61. The first-order chi connectivity index (χ1) is 7.20. The molecular weight excluding hydrogens is 214 g/mol. The molecule has 1 aliphatic heterocycles. The van der Waals surface area contributed by atoms with Crippen molar-refractivity contribution in [2.24, 2.45) is 0 Å². The van der Waals surface area contributed by atoms with Gasteiger partial charge in [-0.05, 0) is 17.7 Å². The molecule has 0 aromatic heterocycles. The number of carbonyl (C=O) groups excluding carboxylic acids is 1. The predicted molar refractivity (Wildman–Crippen MR) is 55.0 cm³/mol. The molecule has 1 saturated heterocycles. The Hall–Kier alpha value is -1.73. The summed E-state index contributed by atoms with van der Waals surface area (Å²) < 4.78 is 0. The normalized spacial score (nSPS) is 19.9. The first kappa shape index (κ1) is 9.81. The SMILES string of the molecule is N#CN1CC(c2ccc(Cl)cc2)NC1=O. The van der Waals surface area contributed by atoms with Crippen LogP contribution in [0.25, 0.3) is 0 Å². The average molecular weight is 222 g/mol. The minimum absolute atomic E-state index is 0.130. The molecule has 0 radical (unpaired) electrons. The van der Waals surface area contributed by atoms with E-state index in [1.165, 1.54) is 0 Å². The van der Waals surface area contributed by atoms with Gasteiger partial charge in [0.2, 0.25) is 0 Å². The fraction of sp³-hybridized carbons (Fsp3) is 0.200. The number of nitriles is 1. The molecule has 0 saturated carbocycles. The molecule has 1 heterocycles. The summed E-state index contributed by atoms with van der Waals surface area (Å²) in [7, 11) is 0. The highest BCUT2D eigenvalue weighted by atomic mass is 35.5. The molecule has 1 atom stereocenters. The van der Waals surface area contributed by atoms with Crippen LogP contribution in [0.3, 0.4) is 0 Å². The summed E-state index contributed by atoms with van der Waals surface area (Å²) in [5.74, 6) is 0. The third-order valence-corrected chi connectivity index (χ3v) is 2.55. The van der Waals surface area contributed by atoms with E-state index in [1.54, 1.807) is 12.1 Å². The van der Waals surface area contributed by atoms with E-state index in [2.05, 4.69) is 5.32 Å². The van der Waals surface area contributed by atoms with Gasteiger partial charge in [-0.15, -0.1) is 0 Å². The molecule has 1 aromatic rings. The van der Waals surface area contributed by atoms with Gasteiger partial charge in [-0.25, -0.2) is 9.69 Å². The lowest BCUT2D eigenvalue weighted by molar-refractivity contribution is 0.232. The lowest BCUT2D eigenvalue weighted by Crippen LogP contribution is -2.23. The largest absolute Gasteiger partial charge is 0.331 e. The van der Waals surface area contributed by atoms with Crippen LogP contribution in [-0.4, -0.2) is 17.5 Å². The molecule has 1 unspecified atom stereocenters. The number of nitrogens with one attached hydrogen (secondary N) is 1. The van der Waals surface area contributed by atoms with Crippen LogP contribution in [-0.2, 0) is 0 Å². The molecule has 2 amide bonds. The van der Waals surface area contributed by atoms with E-state index >= 15 is 0 Å². The standard InChI is InChI=1S/C10H8ClN3O/c11-8-3-1-7(2-4-8)9-5-14(6-12)10(15)13-9/h1-4,9H,5H2,(H,13,15). The van der Waals surface area contributed by atoms with Crippen molar-refractivity contribution in [2.45, 2.75) is 6.04 Å². The molecule has 0 aliphatic carbocycles. The molecule has 1 N–H and O–H groups in total. The quantitative estimate of drug-likeness (QED) is 0.737. The second-order valence-corrected chi connectivity index (χ2v) is 3.70. The summed E-state index contributed by atoms with van der Waals surface area (Å²) in [5, 5.41) is 12.0. The highest BCUT2D eigenvalue weighted by Gasteiger charge is 2.29. The van der Waals surface area contributed by atoms with Crippen LogP contribution < -0.4 is 5.32 Å². The van der Waals surface area contributed by atoms with Gasteiger partial charge in [-0.3, -0.25) is 0 Å². The van der Waals surface area contributed by atoms with Crippen LogP contribution in [0.15, 0.2) is 24.3 Å². The Morgan fingerprint density at radius 2 is 2.13 bits per heavy atom. The molecule has 0 spiro atoms. The maximum absolute atomic E-state index is 11.2. The number of nitrogens with zero attached hydrogens (tertiary/aromatic N) is 2. The Labute approximate surface area is 92.1 Å². The van der Waals surface area contributed by atoms with Gasteiger partial charge in [0, 0.05) is 5.02 Å². The second-order valence-electron chi connectivity index (χ2n) is 3.26. The van der Waals surface area contributed by atoms with E-state index in [-0.39, 0.29) is 12.1 Å². The third kappa shape index (κ3) is 1.88. The van der Waals surface area contributed by atoms with Crippen LogP contribution in [0.2, 0.25) is 5.02 Å². The van der Waals surface area contributed by atoms with Crippen molar-refractivity contribution < 1.29 is 4.79 Å². The Morgan fingerprint density at radius 3 is 2.67 bits per heavy atom. The Morgan fingerprint density at radius 1 is 1.47 bits per heavy atom. The molecule has 15 heavy (non-hydrogen) atoms. The Bertz CT molecular complexity index is 423. The van der Waals surface area contributed by atoms with Crippen molar-refractivity contribution in [3.8, 4) is 6.19 Å². The number of carbonyl (C=O) groups is 1. The monoisotopic (exact) mass is 221 g/mol. The van der Waals surface area contributed by atoms with E-state index < -0.39 is 0 Å². The zero-order valence-electron chi connectivity index (χ0n) is 7.77. The van der Waals surface area contributed by atoms with Crippen LogP contribution in [0, 0.1) is 11.5 Å². The van der Waals surface area contributed by atoms with Gasteiger partial charge in [-0.1, -0.05) is 23.7 Å². The number of halogens is 1. The highest BCUT2D eigenvalue weighted by Crippen LogP contribution is 2.21. The first-order valence-corrected chi connectivity index (χ1v) is 4.82. The molecule has 4 nitrogen and oxygen atoms in total. The minimum atomic E-state index is -0.350. The van der Waals surface area contributed by atoms with Gasteiger partial charge in [0.25, 0.3) is 0 Å². The molecule has 5 heteroatoms. The Kier molecular flexibility index (Phi) is 2.48. The summed E-state index contributed by atoms with van der Waals surface area (Å²) in [6.07, 6.45) is 1.82. The molecule has 1 aliphatic rings. The van der Waals surface area contributed by atoms with E-state index in [1.807, 2.05) is 18.3 Å². The molecule has 0 bridgehead atoms. The van der Waals surface area contributed by atoms with Gasteiger partial charge in [0.1, 0.15) is 0 Å². The van der Waals surface area contributed by atoms with E-state index in [0.29, 0.717) is 11.6 Å². The molecule has 1 aromatic carbocycles. The zero-order valence-corrected chi connectivity index (χ0v) is 8.53. The van der Waals surface area contributed by atoms with Gasteiger partial charge in [0.05, 0.1) is 12.6 Å². The van der Waals surface area contributed by atoms with E-state index in [9.17, 15) is 4.79 Å². The van der Waals surface area contributed by atoms with Crippen molar-refractivity contribution in [2.75, 3.05) is 6.54 Å². The van der Waals surface area contributed by atoms with Crippen molar-refractivity contribution >= 4 is 17.6 Å². The lowest BCUT2D eigenvalue weighted by Gasteiger charge is -2.08. The van der Waals surface area contributed by atoms with Crippen LogP contribution in [0.4, 0.5) is 4.79 Å². The number of hydrogen-bond acceptors (Lipinski definition) is 2. The topological polar surface area (TPSA) is 56.1 Å². The summed E-state index contributed by atoms with van der Waals surface area (Å²) in [5.41, 5.74) is 0.950. The molecule has 2 rings (SSSR count). The lowest BCUT2D eigenvalue weighted by atomic mass is 10.1. The number of amides is 2. The van der Waals surface area contributed by atoms with Crippen molar-refractivity contribution in [3.63, 3.8) is 0 Å². The van der Waals surface area contributed by atoms with Crippen LogP contribution in [0.5, 0.6) is 0 Å². The number of rotatable bonds is 1. The summed E-state index contributed by atoms with van der Waals surface area (Å²) in [6.45, 7) is 0.372. The third-order valence-electron chi connectivity index (χ3n) is 2.30. The van der Waals surface area contributed by atoms with E-state index in [4.69, 9.17) is 16.9 Å². The first-order valence-electron chi connectivity index (χ1n) is 4.44. The number of benzene rings is 1. The summed E-state index contributed by atoms with van der Waals surface area (Å²) in [6, 6.07) is 6.73. The molecule has 76 valence electrons. The van der Waals surface area contributed by atoms with Crippen molar-refractivity contribution in [1.82, 2.24) is 10.2 Å². The zero-order chi connectivity index (χ0) is 10.8. The van der Waals surface area contributed by atoms with Crippen LogP contribution >= 0.6 is 11.6 Å². The van der Waals surface area contributed by atoms with Crippen LogP contribution in [0.1, 0.15) is 11.6 Å². The Balaban J connectivity index is 2.18. The van der Waals surface area contributed by atoms with Gasteiger partial charge >= 0.3 is 6.03 Å². The molecular formula is C10H8ClN3O. The summed E-state index contributed by atoms with van der Waals surface area (Å²) >= 11 is 5.75.